The van der Waals surface area contributed by atoms with Gasteiger partial charge in [0.2, 0.25) is 5.91 Å². The van der Waals surface area contributed by atoms with E-state index in [2.05, 4.69) is 21.3 Å². The standard InChI is InChI=1S/C20H25N3O2S/c1-15-21-18(14-26-15)13-22-7-9-23(10-8-22)20(24)17-6-11-25-19-5-3-2-4-16(19)12-17/h2-5,14,17H,6-13H2,1H3. The van der Waals surface area contributed by atoms with Crippen molar-refractivity contribution in [3.05, 3.63) is 45.9 Å². The van der Waals surface area contributed by atoms with Gasteiger partial charge in [-0.05, 0) is 31.4 Å². The van der Waals surface area contributed by atoms with Gasteiger partial charge in [0.05, 0.1) is 17.3 Å². The first-order valence-corrected chi connectivity index (χ1v) is 10.2. The molecule has 1 amide bonds. The molecule has 4 rings (SSSR count). The van der Waals surface area contributed by atoms with Crippen LogP contribution in [0.3, 0.4) is 0 Å². The Morgan fingerprint density at radius 1 is 1.27 bits per heavy atom. The maximum atomic E-state index is 13.0. The van der Waals surface area contributed by atoms with E-state index in [9.17, 15) is 4.79 Å². The van der Waals surface area contributed by atoms with Crippen molar-refractivity contribution in [1.29, 1.82) is 0 Å². The number of aromatic nitrogens is 1. The second kappa shape index (κ2) is 7.76. The number of fused-ring (bicyclic) bond motifs is 1. The van der Waals surface area contributed by atoms with Crippen LogP contribution in [0.2, 0.25) is 0 Å². The van der Waals surface area contributed by atoms with Gasteiger partial charge in [-0.2, -0.15) is 0 Å². The molecule has 2 aromatic rings. The smallest absolute Gasteiger partial charge is 0.226 e. The molecule has 0 N–H and O–H groups in total. The summed E-state index contributed by atoms with van der Waals surface area (Å²) in [6.07, 6.45) is 1.58. The third-order valence-electron chi connectivity index (χ3n) is 5.25. The van der Waals surface area contributed by atoms with Gasteiger partial charge in [0.1, 0.15) is 5.75 Å². The third-order valence-corrected chi connectivity index (χ3v) is 6.07. The number of ether oxygens (including phenoxy) is 1. The first-order valence-electron chi connectivity index (χ1n) is 9.32. The number of carbonyl (C=O) groups excluding carboxylic acids is 1. The molecule has 3 heterocycles. The van der Waals surface area contributed by atoms with Crippen molar-refractivity contribution >= 4 is 17.2 Å². The molecule has 0 spiro atoms. The summed E-state index contributed by atoms with van der Waals surface area (Å²) in [7, 11) is 0. The second-order valence-corrected chi connectivity index (χ2v) is 8.17. The van der Waals surface area contributed by atoms with E-state index >= 15 is 0 Å². The molecule has 5 nitrogen and oxygen atoms in total. The predicted molar refractivity (Wildman–Crippen MR) is 102 cm³/mol. The zero-order valence-corrected chi connectivity index (χ0v) is 16.0. The third kappa shape index (κ3) is 3.91. The summed E-state index contributed by atoms with van der Waals surface area (Å²) >= 11 is 1.70. The maximum absolute atomic E-state index is 13.0. The van der Waals surface area contributed by atoms with Crippen LogP contribution in [0.4, 0.5) is 0 Å². The zero-order valence-electron chi connectivity index (χ0n) is 15.2. The van der Waals surface area contributed by atoms with E-state index in [1.165, 1.54) is 0 Å². The maximum Gasteiger partial charge on any atom is 0.226 e. The van der Waals surface area contributed by atoms with Crippen LogP contribution in [0.15, 0.2) is 29.6 Å². The summed E-state index contributed by atoms with van der Waals surface area (Å²) in [4.78, 5) is 22.0. The number of hydrogen-bond acceptors (Lipinski definition) is 5. The first kappa shape index (κ1) is 17.5. The van der Waals surface area contributed by atoms with E-state index in [0.29, 0.717) is 6.61 Å². The monoisotopic (exact) mass is 371 g/mol. The van der Waals surface area contributed by atoms with Crippen LogP contribution < -0.4 is 4.74 Å². The number of thiazole rings is 1. The van der Waals surface area contributed by atoms with Gasteiger partial charge in [0.15, 0.2) is 0 Å². The molecule has 0 bridgehead atoms. The number of carbonyl (C=O) groups is 1. The number of rotatable bonds is 3. The molecule has 0 aliphatic carbocycles. The van der Waals surface area contributed by atoms with Crippen LogP contribution in [-0.2, 0) is 17.8 Å². The van der Waals surface area contributed by atoms with Gasteiger partial charge < -0.3 is 9.64 Å². The molecule has 1 aromatic carbocycles. The second-order valence-electron chi connectivity index (χ2n) is 7.11. The van der Waals surface area contributed by atoms with Crippen molar-refractivity contribution < 1.29 is 9.53 Å². The molecule has 0 radical (unpaired) electrons. The lowest BCUT2D eigenvalue weighted by Gasteiger charge is -2.36. The van der Waals surface area contributed by atoms with E-state index in [1.807, 2.05) is 30.0 Å². The summed E-state index contributed by atoms with van der Waals surface area (Å²) < 4.78 is 5.82. The number of para-hydroxylation sites is 1. The van der Waals surface area contributed by atoms with Gasteiger partial charge >= 0.3 is 0 Å². The van der Waals surface area contributed by atoms with Crippen molar-refractivity contribution in [2.45, 2.75) is 26.3 Å². The largest absolute Gasteiger partial charge is 0.493 e. The average Bonchev–Trinajstić information content (AvgIpc) is 2.94. The van der Waals surface area contributed by atoms with Crippen molar-refractivity contribution in [2.75, 3.05) is 32.8 Å². The predicted octanol–water partition coefficient (Wildman–Crippen LogP) is 2.74. The topological polar surface area (TPSA) is 45.7 Å². The van der Waals surface area contributed by atoms with Crippen LogP contribution in [0.5, 0.6) is 5.75 Å². The van der Waals surface area contributed by atoms with Crippen molar-refractivity contribution in [3.8, 4) is 5.75 Å². The van der Waals surface area contributed by atoms with E-state index in [4.69, 9.17) is 4.74 Å². The SMILES string of the molecule is Cc1nc(CN2CCN(C(=O)C3CCOc4ccccc4C3)CC2)cs1. The highest BCUT2D eigenvalue weighted by molar-refractivity contribution is 7.09. The van der Waals surface area contributed by atoms with E-state index in [0.717, 1.165) is 67.6 Å². The lowest BCUT2D eigenvalue weighted by Crippen LogP contribution is -2.50. The van der Waals surface area contributed by atoms with E-state index in [-0.39, 0.29) is 11.8 Å². The molecule has 1 saturated heterocycles. The summed E-state index contributed by atoms with van der Waals surface area (Å²) in [5.74, 6) is 1.26. The van der Waals surface area contributed by atoms with Crippen molar-refractivity contribution in [1.82, 2.24) is 14.8 Å². The van der Waals surface area contributed by atoms with Gasteiger partial charge in [-0.3, -0.25) is 9.69 Å². The molecular weight excluding hydrogens is 346 g/mol. The van der Waals surface area contributed by atoms with Gasteiger partial charge in [-0.1, -0.05) is 18.2 Å². The van der Waals surface area contributed by atoms with Gasteiger partial charge in [0, 0.05) is 44.0 Å². The van der Waals surface area contributed by atoms with E-state index < -0.39 is 0 Å². The van der Waals surface area contributed by atoms with E-state index in [1.54, 1.807) is 11.3 Å². The molecule has 0 saturated carbocycles. The number of piperazine rings is 1. The Morgan fingerprint density at radius 2 is 2.08 bits per heavy atom. The molecule has 138 valence electrons. The molecule has 2 aliphatic heterocycles. The minimum Gasteiger partial charge on any atom is -0.493 e. The first-order chi connectivity index (χ1) is 12.7. The Bertz CT molecular complexity index is 768. The fraction of sp³-hybridized carbons (Fsp3) is 0.500. The molecule has 1 unspecified atom stereocenters. The molecule has 6 heteroatoms. The van der Waals surface area contributed by atoms with Crippen LogP contribution in [0.25, 0.3) is 0 Å². The summed E-state index contributed by atoms with van der Waals surface area (Å²) in [5.41, 5.74) is 2.30. The molecular formula is C20H25N3O2S. The highest BCUT2D eigenvalue weighted by Crippen LogP contribution is 2.28. The van der Waals surface area contributed by atoms with Gasteiger partial charge in [-0.25, -0.2) is 4.98 Å². The summed E-state index contributed by atoms with van der Waals surface area (Å²) in [5, 5.41) is 3.25. The Balaban J connectivity index is 1.33. The normalized spacial score (nSPS) is 21.0. The fourth-order valence-corrected chi connectivity index (χ4v) is 4.40. The molecule has 1 fully saturated rings. The minimum absolute atomic E-state index is 0.0337. The zero-order chi connectivity index (χ0) is 17.9. The number of nitrogens with zero attached hydrogens (tertiary/aromatic N) is 3. The Kier molecular flexibility index (Phi) is 5.22. The Labute approximate surface area is 158 Å². The summed E-state index contributed by atoms with van der Waals surface area (Å²) in [6.45, 7) is 7.00. The molecule has 26 heavy (non-hydrogen) atoms. The number of hydrogen-bond donors (Lipinski definition) is 0. The quantitative estimate of drug-likeness (QED) is 0.832. The number of amides is 1. The highest BCUT2D eigenvalue weighted by atomic mass is 32.1. The van der Waals surface area contributed by atoms with Crippen LogP contribution in [-0.4, -0.2) is 53.5 Å². The summed E-state index contributed by atoms with van der Waals surface area (Å²) in [6, 6.07) is 8.09. The van der Waals surface area contributed by atoms with Crippen LogP contribution in [0.1, 0.15) is 22.7 Å². The minimum atomic E-state index is 0.0337. The lowest BCUT2D eigenvalue weighted by molar-refractivity contribution is -0.137. The molecule has 1 atom stereocenters. The lowest BCUT2D eigenvalue weighted by atomic mass is 9.95. The number of benzene rings is 1. The van der Waals surface area contributed by atoms with Gasteiger partial charge in [-0.15, -0.1) is 11.3 Å². The Hall–Kier alpha value is -1.92. The fourth-order valence-electron chi connectivity index (χ4n) is 3.80. The number of aryl methyl sites for hydroxylation is 1. The Morgan fingerprint density at radius 3 is 2.85 bits per heavy atom. The average molecular weight is 372 g/mol. The van der Waals surface area contributed by atoms with Crippen LogP contribution in [0, 0.1) is 12.8 Å². The van der Waals surface area contributed by atoms with Crippen molar-refractivity contribution in [2.24, 2.45) is 5.92 Å². The molecule has 2 aliphatic rings. The van der Waals surface area contributed by atoms with Gasteiger partial charge in [0.25, 0.3) is 0 Å². The van der Waals surface area contributed by atoms with Crippen molar-refractivity contribution in [3.63, 3.8) is 0 Å². The van der Waals surface area contributed by atoms with Crippen LogP contribution >= 0.6 is 11.3 Å². The highest BCUT2D eigenvalue weighted by Gasteiger charge is 2.29. The molecule has 1 aromatic heterocycles.